The molecule has 10 heteroatoms. The van der Waals surface area contributed by atoms with Gasteiger partial charge in [-0.05, 0) is 11.4 Å². The molecule has 2 N–H and O–H groups in total. The zero-order chi connectivity index (χ0) is 15.2. The minimum absolute atomic E-state index is 0.0138. The normalized spacial score (nSPS) is 10.6. The molecule has 2 amide bonds. The second-order valence-corrected chi connectivity index (χ2v) is 5.73. The van der Waals surface area contributed by atoms with Crippen molar-refractivity contribution in [3.8, 4) is 0 Å². The molecule has 0 radical (unpaired) electrons. The summed E-state index contributed by atoms with van der Waals surface area (Å²) < 4.78 is 24.6. The van der Waals surface area contributed by atoms with Gasteiger partial charge in [-0.1, -0.05) is 17.4 Å². The number of halogens is 2. The number of aromatic nitrogens is 2. The maximum Gasteiger partial charge on any atom is 0.291 e. The molecule has 0 bridgehead atoms. The Hall–Kier alpha value is -1.94. The van der Waals surface area contributed by atoms with E-state index >= 15 is 0 Å². The predicted octanol–water partition coefficient (Wildman–Crippen LogP) is 2.30. The third-order valence-electron chi connectivity index (χ3n) is 2.26. The van der Waals surface area contributed by atoms with Crippen molar-refractivity contribution in [3.63, 3.8) is 0 Å². The van der Waals surface area contributed by atoms with Crippen molar-refractivity contribution in [2.45, 2.75) is 12.8 Å². The number of nitrogens with one attached hydrogen (secondary N) is 2. The second-order valence-electron chi connectivity index (χ2n) is 3.78. The summed E-state index contributed by atoms with van der Waals surface area (Å²) in [5.74, 6) is -0.688. The van der Waals surface area contributed by atoms with Crippen LogP contribution in [0.25, 0.3) is 0 Å². The first-order valence-electron chi connectivity index (χ1n) is 5.79. The first kappa shape index (κ1) is 15.4. The Labute approximate surface area is 126 Å². The highest BCUT2D eigenvalue weighted by Gasteiger charge is 2.15. The predicted molar refractivity (Wildman–Crippen MR) is 74.8 cm³/mol. The Bertz CT molecular complexity index is 616. The molecular formula is C11H10F2N4O2S2. The number of anilines is 1. The van der Waals surface area contributed by atoms with Crippen LogP contribution in [0.4, 0.5) is 13.9 Å². The Kier molecular flexibility index (Phi) is 5.28. The molecule has 2 aromatic heterocycles. The van der Waals surface area contributed by atoms with Gasteiger partial charge >= 0.3 is 0 Å². The van der Waals surface area contributed by atoms with E-state index in [9.17, 15) is 18.4 Å². The monoisotopic (exact) mass is 332 g/mol. The molecule has 0 saturated carbocycles. The van der Waals surface area contributed by atoms with Gasteiger partial charge in [0.1, 0.15) is 0 Å². The fourth-order valence-corrected chi connectivity index (χ4v) is 2.59. The largest absolute Gasteiger partial charge is 0.351 e. The van der Waals surface area contributed by atoms with Gasteiger partial charge in [0.2, 0.25) is 11.0 Å². The molecule has 2 rings (SSSR count). The van der Waals surface area contributed by atoms with Crippen LogP contribution in [0.15, 0.2) is 17.5 Å². The van der Waals surface area contributed by atoms with E-state index in [1.54, 1.807) is 17.5 Å². The number of nitrogens with zero attached hydrogens (tertiary/aromatic N) is 2. The lowest BCUT2D eigenvalue weighted by Crippen LogP contribution is -2.27. The van der Waals surface area contributed by atoms with Gasteiger partial charge in [0.25, 0.3) is 12.3 Å². The van der Waals surface area contributed by atoms with Crippen LogP contribution in [0.3, 0.4) is 0 Å². The number of carbonyl (C=O) groups excluding carboxylic acids is 2. The van der Waals surface area contributed by atoms with Crippen molar-refractivity contribution in [3.05, 3.63) is 27.4 Å². The number of rotatable bonds is 6. The van der Waals surface area contributed by atoms with E-state index in [-0.39, 0.29) is 24.0 Å². The summed E-state index contributed by atoms with van der Waals surface area (Å²) >= 11 is 1.91. The summed E-state index contributed by atoms with van der Waals surface area (Å²) in [6, 6.07) is 3.43. The van der Waals surface area contributed by atoms with Crippen LogP contribution < -0.4 is 10.6 Å². The maximum absolute atomic E-state index is 12.3. The maximum atomic E-state index is 12.3. The van der Waals surface area contributed by atoms with Crippen LogP contribution >= 0.6 is 22.7 Å². The summed E-state index contributed by atoms with van der Waals surface area (Å²) in [5.41, 5.74) is 0. The minimum atomic E-state index is -2.71. The van der Waals surface area contributed by atoms with Crippen molar-refractivity contribution in [1.82, 2.24) is 15.5 Å². The number of alkyl halides is 2. The topological polar surface area (TPSA) is 84.0 Å². The third kappa shape index (κ3) is 4.53. The average Bonchev–Trinajstić information content (AvgIpc) is 3.09. The zero-order valence-corrected chi connectivity index (χ0v) is 12.1. The van der Waals surface area contributed by atoms with E-state index in [0.29, 0.717) is 16.2 Å². The molecule has 0 aromatic carbocycles. The SMILES string of the molecule is O=C(CCNC(=O)c1cccs1)Nc1nnc(C(F)F)s1. The number of thiophene rings is 1. The molecule has 21 heavy (non-hydrogen) atoms. The molecule has 0 aliphatic heterocycles. The molecule has 0 atom stereocenters. The number of hydrogen-bond acceptors (Lipinski definition) is 6. The molecule has 2 aromatic rings. The summed E-state index contributed by atoms with van der Waals surface area (Å²) in [6.07, 6.45) is -2.70. The van der Waals surface area contributed by atoms with E-state index in [1.165, 1.54) is 11.3 Å². The minimum Gasteiger partial charge on any atom is -0.351 e. The van der Waals surface area contributed by atoms with Gasteiger partial charge < -0.3 is 10.6 Å². The van der Waals surface area contributed by atoms with Crippen molar-refractivity contribution in [2.75, 3.05) is 11.9 Å². The standard InChI is InChI=1S/C11H10F2N4O2S2/c12-8(13)10-16-17-11(21-10)15-7(18)3-4-14-9(19)6-2-1-5-20-6/h1-2,5,8H,3-4H2,(H,14,19)(H,15,17,18). The molecule has 112 valence electrons. The van der Waals surface area contributed by atoms with Gasteiger partial charge in [-0.15, -0.1) is 21.5 Å². The van der Waals surface area contributed by atoms with Gasteiger partial charge in [-0.2, -0.15) is 0 Å². The lowest BCUT2D eigenvalue weighted by atomic mass is 10.4. The van der Waals surface area contributed by atoms with Crippen LogP contribution in [0.2, 0.25) is 0 Å². The Morgan fingerprint density at radius 2 is 2.14 bits per heavy atom. The van der Waals surface area contributed by atoms with E-state index in [2.05, 4.69) is 20.8 Å². The Balaban J connectivity index is 1.73. The van der Waals surface area contributed by atoms with Gasteiger partial charge in [-0.3, -0.25) is 9.59 Å². The Morgan fingerprint density at radius 3 is 2.76 bits per heavy atom. The third-order valence-corrected chi connectivity index (χ3v) is 3.97. The summed E-state index contributed by atoms with van der Waals surface area (Å²) in [6.45, 7) is 0.142. The molecule has 0 unspecified atom stereocenters. The van der Waals surface area contributed by atoms with Crippen LogP contribution in [0.1, 0.15) is 27.5 Å². The second kappa shape index (κ2) is 7.18. The number of hydrogen-bond donors (Lipinski definition) is 2. The van der Waals surface area contributed by atoms with Crippen molar-refractivity contribution in [1.29, 1.82) is 0 Å². The Morgan fingerprint density at radius 1 is 1.33 bits per heavy atom. The smallest absolute Gasteiger partial charge is 0.291 e. The highest BCUT2D eigenvalue weighted by molar-refractivity contribution is 7.15. The summed E-state index contributed by atoms with van der Waals surface area (Å²) in [5, 5.41) is 13.0. The molecule has 0 spiro atoms. The van der Waals surface area contributed by atoms with Crippen molar-refractivity contribution >= 4 is 39.6 Å². The highest BCUT2D eigenvalue weighted by Crippen LogP contribution is 2.24. The van der Waals surface area contributed by atoms with E-state index in [4.69, 9.17) is 0 Å². The number of carbonyl (C=O) groups is 2. The average molecular weight is 332 g/mol. The van der Waals surface area contributed by atoms with Crippen LogP contribution in [0.5, 0.6) is 0 Å². The van der Waals surface area contributed by atoms with Crippen molar-refractivity contribution in [2.24, 2.45) is 0 Å². The fourth-order valence-electron chi connectivity index (χ4n) is 1.34. The summed E-state index contributed by atoms with van der Waals surface area (Å²) in [4.78, 5) is 23.7. The van der Waals surface area contributed by atoms with Gasteiger partial charge in [0.15, 0.2) is 5.01 Å². The zero-order valence-electron chi connectivity index (χ0n) is 10.5. The van der Waals surface area contributed by atoms with Gasteiger partial charge in [-0.25, -0.2) is 8.78 Å². The first-order valence-corrected chi connectivity index (χ1v) is 7.49. The fraction of sp³-hybridized carbons (Fsp3) is 0.273. The highest BCUT2D eigenvalue weighted by atomic mass is 32.1. The first-order chi connectivity index (χ1) is 10.1. The summed E-state index contributed by atoms with van der Waals surface area (Å²) in [7, 11) is 0. The van der Waals surface area contributed by atoms with Crippen LogP contribution in [-0.2, 0) is 4.79 Å². The number of amides is 2. The molecule has 0 saturated heterocycles. The quantitative estimate of drug-likeness (QED) is 0.850. The van der Waals surface area contributed by atoms with Crippen molar-refractivity contribution < 1.29 is 18.4 Å². The van der Waals surface area contributed by atoms with Gasteiger partial charge in [0.05, 0.1) is 4.88 Å². The van der Waals surface area contributed by atoms with E-state index in [0.717, 1.165) is 0 Å². The molecule has 6 nitrogen and oxygen atoms in total. The van der Waals surface area contributed by atoms with Crippen LogP contribution in [0, 0.1) is 0 Å². The molecule has 0 fully saturated rings. The van der Waals surface area contributed by atoms with E-state index in [1.807, 2.05) is 0 Å². The van der Waals surface area contributed by atoms with Crippen LogP contribution in [-0.4, -0.2) is 28.6 Å². The molecule has 0 aliphatic rings. The molecule has 2 heterocycles. The lowest BCUT2D eigenvalue weighted by molar-refractivity contribution is -0.116. The molecular weight excluding hydrogens is 322 g/mol. The van der Waals surface area contributed by atoms with E-state index < -0.39 is 17.3 Å². The lowest BCUT2D eigenvalue weighted by Gasteiger charge is -2.03. The molecule has 0 aliphatic carbocycles. The van der Waals surface area contributed by atoms with Gasteiger partial charge in [0, 0.05) is 13.0 Å².